The zero-order valence-electron chi connectivity index (χ0n) is 10.0. The van der Waals surface area contributed by atoms with Gasteiger partial charge in [-0.1, -0.05) is 18.5 Å². The SMILES string of the molecule is CC1CCN(C(=O)c2cc(F)c(Cl)[nH]c2=O)CC1. The van der Waals surface area contributed by atoms with Gasteiger partial charge in [0.05, 0.1) is 0 Å². The number of piperidine rings is 1. The van der Waals surface area contributed by atoms with Crippen LogP contribution in [0.25, 0.3) is 0 Å². The highest BCUT2D eigenvalue weighted by molar-refractivity contribution is 6.29. The fraction of sp³-hybridized carbons (Fsp3) is 0.500. The third-order valence-corrected chi connectivity index (χ3v) is 3.52. The Labute approximate surface area is 109 Å². The van der Waals surface area contributed by atoms with Crippen molar-refractivity contribution in [1.29, 1.82) is 0 Å². The third-order valence-electron chi connectivity index (χ3n) is 3.25. The van der Waals surface area contributed by atoms with Crippen LogP contribution in [0, 0.1) is 11.7 Å². The number of aromatic nitrogens is 1. The second-order valence-corrected chi connectivity index (χ2v) is 5.03. The first-order chi connectivity index (χ1) is 8.49. The van der Waals surface area contributed by atoms with E-state index in [1.807, 2.05) is 0 Å². The van der Waals surface area contributed by atoms with E-state index in [1.54, 1.807) is 4.90 Å². The van der Waals surface area contributed by atoms with Crippen LogP contribution in [0.15, 0.2) is 10.9 Å². The van der Waals surface area contributed by atoms with E-state index in [9.17, 15) is 14.0 Å². The van der Waals surface area contributed by atoms with Crippen LogP contribution >= 0.6 is 11.6 Å². The van der Waals surface area contributed by atoms with E-state index in [1.165, 1.54) is 0 Å². The Morgan fingerprint density at radius 1 is 1.50 bits per heavy atom. The summed E-state index contributed by atoms with van der Waals surface area (Å²) in [6.07, 6.45) is 1.80. The van der Waals surface area contributed by atoms with Crippen LogP contribution in [0.2, 0.25) is 5.15 Å². The zero-order valence-corrected chi connectivity index (χ0v) is 10.8. The quantitative estimate of drug-likeness (QED) is 0.796. The molecule has 1 aliphatic heterocycles. The molecule has 1 aromatic heterocycles. The third kappa shape index (κ3) is 2.56. The number of rotatable bonds is 1. The molecule has 0 radical (unpaired) electrons. The van der Waals surface area contributed by atoms with E-state index in [-0.39, 0.29) is 10.7 Å². The molecular weight excluding hydrogens is 259 g/mol. The molecule has 1 fully saturated rings. The monoisotopic (exact) mass is 272 g/mol. The van der Waals surface area contributed by atoms with Gasteiger partial charge in [0.25, 0.3) is 11.5 Å². The highest BCUT2D eigenvalue weighted by atomic mass is 35.5. The molecular formula is C12H14ClFN2O2. The summed E-state index contributed by atoms with van der Waals surface area (Å²) in [4.78, 5) is 27.4. The molecule has 0 bridgehead atoms. The standard InChI is InChI=1S/C12H14ClFN2O2/c1-7-2-4-16(5-3-7)12(18)8-6-9(14)10(13)15-11(8)17/h6-7H,2-5H2,1H3,(H,15,17). The summed E-state index contributed by atoms with van der Waals surface area (Å²) in [5.41, 5.74) is -0.837. The van der Waals surface area contributed by atoms with Crippen LogP contribution < -0.4 is 5.56 Å². The Bertz CT molecular complexity index is 521. The number of halogens is 2. The molecule has 1 N–H and O–H groups in total. The number of carbonyl (C=O) groups excluding carboxylic acids is 1. The lowest BCUT2D eigenvalue weighted by Gasteiger charge is -2.30. The Balaban J connectivity index is 2.24. The molecule has 1 amide bonds. The number of amides is 1. The highest BCUT2D eigenvalue weighted by Gasteiger charge is 2.24. The normalized spacial score (nSPS) is 16.9. The maximum Gasteiger partial charge on any atom is 0.262 e. The fourth-order valence-corrected chi connectivity index (χ4v) is 2.16. The Morgan fingerprint density at radius 3 is 2.72 bits per heavy atom. The van der Waals surface area contributed by atoms with Crippen molar-refractivity contribution in [2.45, 2.75) is 19.8 Å². The van der Waals surface area contributed by atoms with Crippen molar-refractivity contribution in [2.24, 2.45) is 5.92 Å². The molecule has 0 unspecified atom stereocenters. The van der Waals surface area contributed by atoms with Gasteiger partial charge in [-0.05, 0) is 24.8 Å². The lowest BCUT2D eigenvalue weighted by molar-refractivity contribution is 0.0695. The van der Waals surface area contributed by atoms with Gasteiger partial charge < -0.3 is 9.88 Å². The first kappa shape index (κ1) is 13.1. The Hall–Kier alpha value is -1.36. The number of hydrogen-bond donors (Lipinski definition) is 1. The van der Waals surface area contributed by atoms with Gasteiger partial charge in [0, 0.05) is 13.1 Å². The topological polar surface area (TPSA) is 53.2 Å². The first-order valence-corrected chi connectivity index (χ1v) is 6.24. The van der Waals surface area contributed by atoms with Gasteiger partial charge in [-0.25, -0.2) is 4.39 Å². The molecule has 0 saturated carbocycles. The summed E-state index contributed by atoms with van der Waals surface area (Å²) < 4.78 is 13.3. The lowest BCUT2D eigenvalue weighted by Crippen LogP contribution is -2.40. The van der Waals surface area contributed by atoms with Gasteiger partial charge in [-0.3, -0.25) is 9.59 Å². The summed E-state index contributed by atoms with van der Waals surface area (Å²) in [7, 11) is 0. The van der Waals surface area contributed by atoms with Crippen LogP contribution in [0.5, 0.6) is 0 Å². The molecule has 1 aliphatic rings. The molecule has 2 heterocycles. The fourth-order valence-electron chi connectivity index (χ4n) is 2.02. The summed E-state index contributed by atoms with van der Waals surface area (Å²) >= 11 is 5.44. The minimum Gasteiger partial charge on any atom is -0.338 e. The van der Waals surface area contributed by atoms with Crippen LogP contribution in [0.4, 0.5) is 4.39 Å². The number of hydrogen-bond acceptors (Lipinski definition) is 2. The second-order valence-electron chi connectivity index (χ2n) is 4.65. The number of aromatic amines is 1. The summed E-state index contributed by atoms with van der Waals surface area (Å²) in [6.45, 7) is 3.32. The number of nitrogens with zero attached hydrogens (tertiary/aromatic N) is 1. The second kappa shape index (κ2) is 5.10. The van der Waals surface area contributed by atoms with Crippen LogP contribution in [0.3, 0.4) is 0 Å². The summed E-state index contributed by atoms with van der Waals surface area (Å²) in [6, 6.07) is 0.904. The van der Waals surface area contributed by atoms with Gasteiger partial charge in [-0.2, -0.15) is 0 Å². The largest absolute Gasteiger partial charge is 0.338 e. The van der Waals surface area contributed by atoms with E-state index in [4.69, 9.17) is 11.6 Å². The average Bonchev–Trinajstić information content (AvgIpc) is 2.34. The van der Waals surface area contributed by atoms with Crippen molar-refractivity contribution < 1.29 is 9.18 Å². The number of H-pyrrole nitrogens is 1. The maximum absolute atomic E-state index is 13.3. The molecule has 0 aromatic carbocycles. The molecule has 18 heavy (non-hydrogen) atoms. The summed E-state index contributed by atoms with van der Waals surface area (Å²) in [5, 5.41) is -0.371. The Kier molecular flexibility index (Phi) is 3.71. The van der Waals surface area contributed by atoms with Crippen LogP contribution in [-0.4, -0.2) is 28.9 Å². The van der Waals surface area contributed by atoms with Crippen molar-refractivity contribution in [2.75, 3.05) is 13.1 Å². The van der Waals surface area contributed by atoms with Gasteiger partial charge in [0.15, 0.2) is 5.82 Å². The molecule has 0 aliphatic carbocycles. The molecule has 4 nitrogen and oxygen atoms in total. The number of likely N-dealkylation sites (tertiary alicyclic amines) is 1. The molecule has 0 spiro atoms. The molecule has 98 valence electrons. The van der Waals surface area contributed by atoms with Crippen molar-refractivity contribution in [3.8, 4) is 0 Å². The summed E-state index contributed by atoms with van der Waals surface area (Å²) in [5.74, 6) is -0.641. The van der Waals surface area contributed by atoms with Gasteiger partial charge >= 0.3 is 0 Å². The predicted molar refractivity (Wildman–Crippen MR) is 66.3 cm³/mol. The molecule has 1 aromatic rings. The molecule has 6 heteroatoms. The van der Waals surface area contributed by atoms with Gasteiger partial charge in [-0.15, -0.1) is 0 Å². The van der Waals surface area contributed by atoms with Crippen molar-refractivity contribution in [3.63, 3.8) is 0 Å². The van der Waals surface area contributed by atoms with Crippen molar-refractivity contribution in [1.82, 2.24) is 9.88 Å². The number of carbonyl (C=O) groups is 1. The minimum absolute atomic E-state index is 0.188. The van der Waals surface area contributed by atoms with E-state index < -0.39 is 17.3 Å². The molecule has 2 rings (SSSR count). The average molecular weight is 273 g/mol. The minimum atomic E-state index is -0.787. The molecule has 1 saturated heterocycles. The molecule has 0 atom stereocenters. The smallest absolute Gasteiger partial charge is 0.262 e. The van der Waals surface area contributed by atoms with Crippen molar-refractivity contribution >= 4 is 17.5 Å². The Morgan fingerprint density at radius 2 is 2.11 bits per heavy atom. The van der Waals surface area contributed by atoms with Crippen LogP contribution in [-0.2, 0) is 0 Å². The predicted octanol–water partition coefficient (Wildman–Crippen LogP) is 2.04. The lowest BCUT2D eigenvalue weighted by atomic mass is 9.99. The van der Waals surface area contributed by atoms with E-state index >= 15 is 0 Å². The number of nitrogens with one attached hydrogen (secondary N) is 1. The van der Waals surface area contributed by atoms with Crippen molar-refractivity contribution in [3.05, 3.63) is 33.0 Å². The van der Waals surface area contributed by atoms with E-state index in [0.29, 0.717) is 19.0 Å². The zero-order chi connectivity index (χ0) is 13.3. The van der Waals surface area contributed by atoms with Gasteiger partial charge in [0.2, 0.25) is 0 Å². The maximum atomic E-state index is 13.3. The van der Waals surface area contributed by atoms with E-state index in [2.05, 4.69) is 11.9 Å². The first-order valence-electron chi connectivity index (χ1n) is 5.86. The highest BCUT2D eigenvalue weighted by Crippen LogP contribution is 2.18. The number of pyridine rings is 1. The van der Waals surface area contributed by atoms with Crippen LogP contribution in [0.1, 0.15) is 30.1 Å². The van der Waals surface area contributed by atoms with Gasteiger partial charge in [0.1, 0.15) is 10.7 Å². The van der Waals surface area contributed by atoms with E-state index in [0.717, 1.165) is 18.9 Å².